The average Bonchev–Trinajstić information content (AvgIpc) is 3.55. The van der Waals surface area contributed by atoms with Gasteiger partial charge < -0.3 is 64.9 Å². The van der Waals surface area contributed by atoms with Gasteiger partial charge in [-0.3, -0.25) is 4.21 Å². The van der Waals surface area contributed by atoms with Crippen molar-refractivity contribution < 1.29 is 90.7 Å². The number of cyclic esters (lactones) is 2. The maximum absolute atomic E-state index is 10.6. The van der Waals surface area contributed by atoms with E-state index >= 15 is 0 Å². The zero-order valence-electron chi connectivity index (χ0n) is 23.8. The number of nitrogens with zero attached hydrogens (tertiary/aromatic N) is 3. The number of amides is 2. The monoisotopic (exact) mass is 634 g/mol. The molecule has 246 valence electrons. The summed E-state index contributed by atoms with van der Waals surface area (Å²) in [5, 5.41) is 36.4. The van der Waals surface area contributed by atoms with Crippen molar-refractivity contribution in [2.24, 2.45) is 5.73 Å². The Morgan fingerprint density at radius 3 is 1.50 bits per heavy atom. The molecule has 7 N–H and O–H groups in total. The van der Waals surface area contributed by atoms with Crippen molar-refractivity contribution in [3.8, 4) is 0 Å². The van der Waals surface area contributed by atoms with Gasteiger partial charge in [0, 0.05) is 64.9 Å². The van der Waals surface area contributed by atoms with Gasteiger partial charge in [-0.15, -0.1) is 0 Å². The Hall–Kier alpha value is -0.410. The number of rotatable bonds is 6. The summed E-state index contributed by atoms with van der Waals surface area (Å²) in [5.41, 5.74) is 5.25. The van der Waals surface area contributed by atoms with E-state index in [4.69, 9.17) is 39.7 Å². The number of likely N-dealkylation sites (N-methyl/N-ethyl adjacent to an activating group) is 3. The van der Waals surface area contributed by atoms with Gasteiger partial charge in [0.25, 0.3) is 0 Å². The summed E-state index contributed by atoms with van der Waals surface area (Å²) < 4.78 is 32.1. The summed E-state index contributed by atoms with van der Waals surface area (Å²) in [4.78, 5) is 25.9. The van der Waals surface area contributed by atoms with Crippen LogP contribution in [0.4, 0.5) is 9.59 Å². The number of epoxide rings is 1. The molecule has 3 rings (SSSR count). The zero-order chi connectivity index (χ0) is 30.3. The van der Waals surface area contributed by atoms with Gasteiger partial charge in [0.05, 0.1) is 45.6 Å². The summed E-state index contributed by atoms with van der Waals surface area (Å²) in [6.45, 7) is 2.77. The fourth-order valence-electron chi connectivity index (χ4n) is 2.17. The molecule has 0 bridgehead atoms. The molecule has 3 aliphatic heterocycles. The number of ether oxygens (including phenoxy) is 3. The van der Waals surface area contributed by atoms with Crippen LogP contribution in [-0.4, -0.2) is 182 Å². The van der Waals surface area contributed by atoms with Crippen LogP contribution in [0, 0.1) is 37.7 Å². The molecule has 0 aromatic rings. The van der Waals surface area contributed by atoms with Crippen LogP contribution in [0.25, 0.3) is 0 Å². The van der Waals surface area contributed by atoms with Gasteiger partial charge in [-0.25, -0.2) is 9.59 Å². The molecular weight excluding hydrogens is 582 g/mol. The van der Waals surface area contributed by atoms with Crippen molar-refractivity contribution in [3.05, 3.63) is 0 Å². The van der Waals surface area contributed by atoms with Crippen LogP contribution in [0.1, 0.15) is 7.43 Å². The minimum absolute atomic E-state index is 0. The molecule has 16 nitrogen and oxygen atoms in total. The molecule has 3 heterocycles. The van der Waals surface area contributed by atoms with Crippen molar-refractivity contribution in [3.63, 3.8) is 0 Å². The van der Waals surface area contributed by atoms with Crippen molar-refractivity contribution in [2.75, 3.05) is 101 Å². The minimum Gasteiger partial charge on any atom is -0.773 e. The minimum atomic E-state index is -1.86. The fraction of sp³-hybridized carbons (Fsp3) is 0.909. The molecule has 0 saturated carbocycles. The van der Waals surface area contributed by atoms with Gasteiger partial charge in [-0.05, 0) is 34.4 Å². The standard InChI is InChI=1S/C5H10N2O2.C5H9NO3.C5H13NO2.C3H6O2.C2H7N.CH4O2S.CH4.Ar/c1-7-3-4(2-6)9-5(7)8;1-6-2-4(3-7)9-5(6)8;1-6(2)3-5(8)4-7;4-1-3-2-5-3;1-3-2;1-4(2)3;;/h4H,2-3,6H2,1H3;4,7H,2-3H2,1H3;5,7-8H,3-4H2,1-2H3;3-4H,1-2H2;3H,1-2H3;1H3,(H,2,3);1H4;/p-1/t2*4-;5-;3-;;;;/m0110..../s1. The van der Waals surface area contributed by atoms with Crippen LogP contribution in [-0.2, 0) is 25.3 Å². The predicted molar refractivity (Wildman–Crippen MR) is 147 cm³/mol. The van der Waals surface area contributed by atoms with Crippen LogP contribution in [0.5, 0.6) is 0 Å². The van der Waals surface area contributed by atoms with E-state index in [2.05, 4.69) is 14.8 Å². The van der Waals surface area contributed by atoms with E-state index in [0.717, 1.165) is 12.9 Å². The Kier molecular flexibility index (Phi) is 38.8. The summed E-state index contributed by atoms with van der Waals surface area (Å²) >= 11 is -1.86. The van der Waals surface area contributed by atoms with E-state index in [9.17, 15) is 9.59 Å². The van der Waals surface area contributed by atoms with Crippen LogP contribution >= 0.6 is 0 Å². The number of aliphatic hydroxyl groups is 4. The Balaban J connectivity index is -0.000000126. The van der Waals surface area contributed by atoms with E-state index in [1.807, 2.05) is 33.1 Å². The summed E-state index contributed by atoms with van der Waals surface area (Å²) in [5.74, 6) is 0. The van der Waals surface area contributed by atoms with Crippen molar-refractivity contribution in [2.45, 2.75) is 31.8 Å². The Morgan fingerprint density at radius 1 is 1.05 bits per heavy atom. The van der Waals surface area contributed by atoms with Crippen LogP contribution in [0.2, 0.25) is 0 Å². The first-order valence-electron chi connectivity index (χ1n) is 11.6. The van der Waals surface area contributed by atoms with E-state index in [1.165, 1.54) is 9.80 Å². The Bertz CT molecular complexity index is 592. The van der Waals surface area contributed by atoms with E-state index < -0.39 is 17.2 Å². The van der Waals surface area contributed by atoms with Gasteiger partial charge in [0.2, 0.25) is 0 Å². The first-order chi connectivity index (χ1) is 17.7. The molecule has 0 radical (unpaired) electrons. The maximum Gasteiger partial charge on any atom is 0.410 e. The molecule has 3 fully saturated rings. The number of carbonyl (C=O) groups is 2. The van der Waals surface area contributed by atoms with Gasteiger partial charge in [-0.1, -0.05) is 18.5 Å². The quantitative estimate of drug-likeness (QED) is 0.127. The first-order valence-corrected chi connectivity index (χ1v) is 13.1. The maximum atomic E-state index is 10.6. The topological polar surface area (TPSA) is 234 Å². The zero-order valence-corrected chi connectivity index (χ0v) is 25.3. The van der Waals surface area contributed by atoms with E-state index in [0.29, 0.717) is 26.2 Å². The molecule has 3 aliphatic rings. The molecular formula is C22H52ArN5O11S-. The predicted octanol–water partition coefficient (Wildman–Crippen LogP) is -2.93. The molecule has 0 aliphatic carbocycles. The molecule has 2 amide bonds. The van der Waals surface area contributed by atoms with Crippen molar-refractivity contribution in [1.82, 2.24) is 20.0 Å². The third kappa shape index (κ3) is 33.8. The average molecular weight is 635 g/mol. The summed E-state index contributed by atoms with van der Waals surface area (Å²) in [7, 11) is 10.8. The fourth-order valence-corrected chi connectivity index (χ4v) is 2.17. The Labute approximate surface area is 271 Å². The van der Waals surface area contributed by atoms with Gasteiger partial charge in [-0.2, -0.15) is 0 Å². The third-order valence-electron chi connectivity index (χ3n) is 3.97. The normalized spacial score (nSPS) is 21.2. The summed E-state index contributed by atoms with van der Waals surface area (Å²) in [6.07, 6.45) is -0.357. The largest absolute Gasteiger partial charge is 0.773 e. The van der Waals surface area contributed by atoms with Crippen LogP contribution < -0.4 is 11.1 Å². The van der Waals surface area contributed by atoms with E-state index in [-0.39, 0.29) is 95.5 Å². The molecule has 1 unspecified atom stereocenters. The number of nitrogens with two attached hydrogens (primary N) is 1. The second kappa shape index (κ2) is 31.5. The van der Waals surface area contributed by atoms with Crippen LogP contribution in [0.3, 0.4) is 0 Å². The van der Waals surface area contributed by atoms with Gasteiger partial charge in [0.1, 0.15) is 18.3 Å². The Morgan fingerprint density at radius 2 is 1.40 bits per heavy atom. The molecule has 18 heteroatoms. The first kappa shape index (κ1) is 49.3. The number of hydrogen-bond donors (Lipinski definition) is 6. The molecule has 3 saturated heterocycles. The third-order valence-corrected chi connectivity index (χ3v) is 3.97. The van der Waals surface area contributed by atoms with Gasteiger partial charge in [0.15, 0.2) is 0 Å². The second-order valence-electron chi connectivity index (χ2n) is 8.33. The molecule has 0 aromatic carbocycles. The smallest absolute Gasteiger partial charge is 0.410 e. The SMILES string of the molecule is C.CN(C)C[C@@H](O)CO.CN1C[C@H](CN)OC1=O.CN1C[C@H](CO)OC1=O.CNC.CS(=O)[O-].OC[C@H]1CO1.[Ar]. The van der Waals surface area contributed by atoms with Crippen LogP contribution in [0.15, 0.2) is 0 Å². The number of aliphatic hydroxyl groups excluding tert-OH is 4. The summed E-state index contributed by atoms with van der Waals surface area (Å²) in [6, 6.07) is 0. The number of nitrogens with one attached hydrogen (secondary N) is 1. The van der Waals surface area contributed by atoms with E-state index in [1.54, 1.807) is 14.1 Å². The molecule has 0 spiro atoms. The molecule has 40 heavy (non-hydrogen) atoms. The molecule has 0 aromatic heterocycles. The number of hydrogen-bond acceptors (Lipinski definition) is 14. The number of carbonyl (C=O) groups excluding carboxylic acids is 2. The van der Waals surface area contributed by atoms with Crippen molar-refractivity contribution in [1.29, 1.82) is 0 Å². The second-order valence-corrected chi connectivity index (χ2v) is 9.13. The molecule has 5 atom stereocenters. The van der Waals surface area contributed by atoms with Crippen molar-refractivity contribution >= 4 is 23.3 Å². The van der Waals surface area contributed by atoms with Gasteiger partial charge >= 0.3 is 12.2 Å².